The summed E-state index contributed by atoms with van der Waals surface area (Å²) in [5.74, 6) is -1.03. The van der Waals surface area contributed by atoms with Crippen molar-refractivity contribution < 1.29 is 22.7 Å². The van der Waals surface area contributed by atoms with Crippen molar-refractivity contribution in [2.45, 2.75) is 44.2 Å². The number of nitriles is 1. The SMILES string of the molecule is CN(C)C(=O)n1cc2c(n1)CCCN(c1nc(OCC34CCCN3C/C(=C\F)C4)nc3c(F)c(-c4ccc(F)c5sc(N)c(C#N)c45)c(Cl)cc13)C2. The van der Waals surface area contributed by atoms with Gasteiger partial charge in [0.05, 0.1) is 32.8 Å². The maximum absolute atomic E-state index is 17.2. The highest BCUT2D eigenvalue weighted by atomic mass is 35.5. The number of anilines is 2. The van der Waals surface area contributed by atoms with Crippen LogP contribution in [-0.2, 0) is 13.0 Å². The second-order valence-corrected chi connectivity index (χ2v) is 15.2. The molecule has 0 aliphatic carbocycles. The maximum atomic E-state index is 17.2. The molecule has 3 aliphatic rings. The smallest absolute Gasteiger partial charge is 0.344 e. The number of fused-ring (bicyclic) bond motifs is 4. The van der Waals surface area contributed by atoms with Gasteiger partial charge in [-0.1, -0.05) is 17.7 Å². The van der Waals surface area contributed by atoms with Crippen LogP contribution in [0.2, 0.25) is 5.02 Å². The predicted molar refractivity (Wildman–Crippen MR) is 193 cm³/mol. The molecule has 2 N–H and O–H groups in total. The number of ether oxygens (including phenoxy) is 1. The summed E-state index contributed by atoms with van der Waals surface area (Å²) in [6, 6.07) is 5.82. The summed E-state index contributed by atoms with van der Waals surface area (Å²) in [4.78, 5) is 27.8. The Morgan fingerprint density at radius 3 is 2.83 bits per heavy atom. The van der Waals surface area contributed by atoms with Crippen molar-refractivity contribution in [3.05, 3.63) is 69.8 Å². The molecule has 1 atom stereocenters. The molecule has 3 aromatic heterocycles. The lowest BCUT2D eigenvalue weighted by Crippen LogP contribution is -2.43. The fourth-order valence-corrected chi connectivity index (χ4v) is 9.11. The Labute approximate surface area is 305 Å². The van der Waals surface area contributed by atoms with Crippen molar-refractivity contribution in [2.75, 3.05) is 51.0 Å². The van der Waals surface area contributed by atoms with Crippen molar-refractivity contribution in [2.24, 2.45) is 0 Å². The van der Waals surface area contributed by atoms with Gasteiger partial charge in [0.25, 0.3) is 0 Å². The number of amides is 1. The Hall–Kier alpha value is -4.91. The predicted octanol–water partition coefficient (Wildman–Crippen LogP) is 7.05. The van der Waals surface area contributed by atoms with Crippen LogP contribution in [0.5, 0.6) is 6.01 Å². The minimum atomic E-state index is -0.804. The first-order valence-electron chi connectivity index (χ1n) is 16.8. The van der Waals surface area contributed by atoms with E-state index in [4.69, 9.17) is 27.1 Å². The highest BCUT2D eigenvalue weighted by Crippen LogP contribution is 2.46. The molecule has 1 unspecified atom stereocenters. The number of nitrogens with two attached hydrogens (primary N) is 1. The third-order valence-corrected chi connectivity index (χ3v) is 11.6. The third-order valence-electron chi connectivity index (χ3n) is 10.3. The Kier molecular flexibility index (Phi) is 8.51. The second kappa shape index (κ2) is 12.9. The molecule has 6 heterocycles. The lowest BCUT2D eigenvalue weighted by Gasteiger charge is -2.31. The minimum absolute atomic E-state index is 0.00183. The Morgan fingerprint density at radius 1 is 1.23 bits per heavy atom. The maximum Gasteiger partial charge on any atom is 0.344 e. The number of aryl methyl sites for hydroxylation is 1. The molecular weight excluding hydrogens is 715 g/mol. The van der Waals surface area contributed by atoms with Crippen LogP contribution in [0.1, 0.15) is 42.5 Å². The molecule has 0 bridgehead atoms. The quantitative estimate of drug-likeness (QED) is 0.201. The molecule has 3 aliphatic heterocycles. The number of rotatable bonds is 5. The van der Waals surface area contributed by atoms with E-state index in [2.05, 4.69) is 15.0 Å². The molecule has 11 nitrogen and oxygen atoms in total. The summed E-state index contributed by atoms with van der Waals surface area (Å²) < 4.78 is 53.6. The topological polar surface area (TPSA) is 129 Å². The van der Waals surface area contributed by atoms with Crippen molar-refractivity contribution in [1.82, 2.24) is 29.5 Å². The van der Waals surface area contributed by atoms with Crippen LogP contribution >= 0.6 is 22.9 Å². The number of thiophene rings is 1. The fourth-order valence-electron chi connectivity index (χ4n) is 7.87. The highest BCUT2D eigenvalue weighted by Gasteiger charge is 2.47. The van der Waals surface area contributed by atoms with Crippen LogP contribution in [-0.4, -0.2) is 81.5 Å². The number of halogens is 4. The summed E-state index contributed by atoms with van der Waals surface area (Å²) in [5.41, 5.74) is 8.02. The zero-order valence-electron chi connectivity index (χ0n) is 28.3. The molecule has 8 rings (SSSR count). The van der Waals surface area contributed by atoms with Crippen LogP contribution in [0.3, 0.4) is 0 Å². The van der Waals surface area contributed by atoms with Crippen molar-refractivity contribution in [3.8, 4) is 23.2 Å². The highest BCUT2D eigenvalue weighted by molar-refractivity contribution is 7.23. The molecule has 2 aromatic carbocycles. The molecular formula is C36H33ClF3N9O2S. The molecule has 1 amide bonds. The van der Waals surface area contributed by atoms with Crippen LogP contribution in [0.15, 0.2) is 36.3 Å². The van der Waals surface area contributed by atoms with Crippen molar-refractivity contribution >= 4 is 60.8 Å². The second-order valence-electron chi connectivity index (χ2n) is 13.8. The minimum Gasteiger partial charge on any atom is -0.461 e. The number of aromatic nitrogens is 4. The lowest BCUT2D eigenvalue weighted by atomic mass is 9.94. The van der Waals surface area contributed by atoms with E-state index in [1.165, 1.54) is 21.7 Å². The van der Waals surface area contributed by atoms with E-state index in [0.29, 0.717) is 62.0 Å². The van der Waals surface area contributed by atoms with E-state index >= 15 is 4.39 Å². The van der Waals surface area contributed by atoms with Gasteiger partial charge in [-0.2, -0.15) is 25.0 Å². The number of hydrogen-bond acceptors (Lipinski definition) is 10. The Balaban J connectivity index is 1.28. The first kappa shape index (κ1) is 34.2. The summed E-state index contributed by atoms with van der Waals surface area (Å²) in [5, 5.41) is 15.1. The zero-order chi connectivity index (χ0) is 36.5. The van der Waals surface area contributed by atoms with Gasteiger partial charge in [-0.25, -0.2) is 18.0 Å². The van der Waals surface area contributed by atoms with Gasteiger partial charge in [0.15, 0.2) is 5.82 Å². The van der Waals surface area contributed by atoms with Gasteiger partial charge in [-0.3, -0.25) is 4.90 Å². The van der Waals surface area contributed by atoms with Crippen molar-refractivity contribution in [1.29, 1.82) is 5.26 Å². The fraction of sp³-hybridized carbons (Fsp3) is 0.361. The van der Waals surface area contributed by atoms with Gasteiger partial charge in [-0.05, 0) is 61.9 Å². The van der Waals surface area contributed by atoms with E-state index in [-0.39, 0.29) is 61.0 Å². The lowest BCUT2D eigenvalue weighted by molar-refractivity contribution is 0.108. The first-order chi connectivity index (χ1) is 25.0. The van der Waals surface area contributed by atoms with Gasteiger partial charge in [0, 0.05) is 61.8 Å². The Morgan fingerprint density at radius 2 is 2.06 bits per heavy atom. The van der Waals surface area contributed by atoms with Gasteiger partial charge in [-0.15, -0.1) is 11.3 Å². The van der Waals surface area contributed by atoms with Crippen LogP contribution < -0.4 is 15.4 Å². The number of benzene rings is 2. The summed E-state index contributed by atoms with van der Waals surface area (Å²) in [6.45, 7) is 2.32. The third kappa shape index (κ3) is 5.51. The first-order valence-corrected chi connectivity index (χ1v) is 18.0. The largest absolute Gasteiger partial charge is 0.461 e. The summed E-state index contributed by atoms with van der Waals surface area (Å²) >= 11 is 7.81. The molecule has 0 radical (unpaired) electrons. The molecule has 0 saturated carbocycles. The summed E-state index contributed by atoms with van der Waals surface area (Å²) in [6.07, 6.45) is 5.89. The molecule has 2 saturated heterocycles. The molecule has 268 valence electrons. The number of nitrogen functional groups attached to an aromatic ring is 1. The van der Waals surface area contributed by atoms with E-state index in [9.17, 15) is 18.8 Å². The summed E-state index contributed by atoms with van der Waals surface area (Å²) in [7, 11) is 3.30. The normalized spacial score (nSPS) is 19.6. The number of nitrogens with zero attached hydrogens (tertiary/aromatic N) is 8. The van der Waals surface area contributed by atoms with E-state index in [1.54, 1.807) is 26.4 Å². The number of carbonyl (C=O) groups is 1. The molecule has 0 spiro atoms. The monoisotopic (exact) mass is 747 g/mol. The molecule has 16 heteroatoms. The van der Waals surface area contributed by atoms with E-state index in [1.807, 2.05) is 11.0 Å². The van der Waals surface area contributed by atoms with Gasteiger partial charge in [0.2, 0.25) is 0 Å². The average Bonchev–Trinajstić information content (AvgIpc) is 3.86. The van der Waals surface area contributed by atoms with E-state index < -0.39 is 17.2 Å². The van der Waals surface area contributed by atoms with Gasteiger partial charge in [0.1, 0.15) is 34.8 Å². The van der Waals surface area contributed by atoms with Gasteiger partial charge < -0.3 is 20.3 Å². The Bertz CT molecular complexity index is 2370. The standard InChI is InChI=1S/C36H33ClF3N9O2S/c1-46(2)35(50)49-17-20-16-47(9-3-5-26(20)45-49)33-22-11-24(37)28(21-6-7-25(39)31-27(21)23(14-41)32(42)52-31)29(40)30(22)43-34(44-33)51-18-36-8-4-10-48(36)15-19(12-36)13-38/h6-7,11,13,17H,3-5,8-10,12,15-16,18,42H2,1-2H3/b19-13-. The number of carbonyl (C=O) groups excluding carboxylic acids is 1. The van der Waals surface area contributed by atoms with Crippen LogP contribution in [0.4, 0.5) is 28.8 Å². The van der Waals surface area contributed by atoms with Crippen LogP contribution in [0, 0.1) is 23.0 Å². The molecule has 5 aromatic rings. The molecule has 52 heavy (non-hydrogen) atoms. The van der Waals surface area contributed by atoms with Crippen molar-refractivity contribution in [3.63, 3.8) is 0 Å². The zero-order valence-corrected chi connectivity index (χ0v) is 29.9. The number of hydrogen-bond donors (Lipinski definition) is 1. The van der Waals surface area contributed by atoms with Crippen LogP contribution in [0.25, 0.3) is 32.1 Å². The molecule has 2 fully saturated rings. The van der Waals surface area contributed by atoms with Gasteiger partial charge >= 0.3 is 12.0 Å². The van der Waals surface area contributed by atoms with E-state index in [0.717, 1.165) is 42.0 Å². The average molecular weight is 748 g/mol.